The fourth-order valence-corrected chi connectivity index (χ4v) is 5.02. The summed E-state index contributed by atoms with van der Waals surface area (Å²) >= 11 is 0. The summed E-state index contributed by atoms with van der Waals surface area (Å²) in [4.78, 5) is 43.9. The molecule has 10 heteroatoms. The van der Waals surface area contributed by atoms with Crippen LogP contribution in [0.4, 0.5) is 16.6 Å². The van der Waals surface area contributed by atoms with Crippen LogP contribution in [0.2, 0.25) is 0 Å². The van der Waals surface area contributed by atoms with Crippen molar-refractivity contribution < 1.29 is 9.53 Å². The van der Waals surface area contributed by atoms with E-state index in [9.17, 15) is 9.59 Å². The molecule has 2 aliphatic rings. The van der Waals surface area contributed by atoms with Gasteiger partial charge in [0.25, 0.3) is 5.56 Å². The largest absolute Gasteiger partial charge is 0.444 e. The van der Waals surface area contributed by atoms with E-state index >= 15 is 0 Å². The zero-order valence-corrected chi connectivity index (χ0v) is 21.1. The van der Waals surface area contributed by atoms with E-state index < -0.39 is 5.60 Å². The molecule has 1 aliphatic heterocycles. The van der Waals surface area contributed by atoms with Gasteiger partial charge < -0.3 is 20.3 Å². The van der Waals surface area contributed by atoms with Gasteiger partial charge in [-0.15, -0.1) is 0 Å². The standard InChI is InChI=1S/C26H33N7O3/c1-26(2,3)36-25(35)32-15-13-31(14-16-32)22-23(34)33(18-11-7-8-12-18)21-20(28-22)19(29-24(27)30-21)17-9-5-4-6-10-17/h4-6,9-10,18H,7-8,11-16H2,1-3H3,(H2,27,29,30). The average Bonchev–Trinajstić information content (AvgIpc) is 3.37. The van der Waals surface area contributed by atoms with E-state index in [1.807, 2.05) is 56.0 Å². The third kappa shape index (κ3) is 4.72. The van der Waals surface area contributed by atoms with Gasteiger partial charge in [0.2, 0.25) is 5.95 Å². The third-order valence-corrected chi connectivity index (χ3v) is 6.71. The highest BCUT2D eigenvalue weighted by Gasteiger charge is 2.30. The summed E-state index contributed by atoms with van der Waals surface area (Å²) in [6.07, 6.45) is 3.62. The first kappa shape index (κ1) is 24.0. The Morgan fingerprint density at radius 2 is 1.67 bits per heavy atom. The van der Waals surface area contributed by atoms with Crippen LogP contribution in [-0.2, 0) is 4.74 Å². The summed E-state index contributed by atoms with van der Waals surface area (Å²) in [6.45, 7) is 7.41. The molecule has 1 saturated carbocycles. The Morgan fingerprint density at radius 1 is 1.00 bits per heavy atom. The second kappa shape index (κ2) is 9.40. The van der Waals surface area contributed by atoms with Crippen molar-refractivity contribution in [2.45, 2.75) is 58.1 Å². The minimum atomic E-state index is -0.557. The highest BCUT2D eigenvalue weighted by molar-refractivity contribution is 5.89. The topological polar surface area (TPSA) is 119 Å². The number of piperazine rings is 1. The van der Waals surface area contributed by atoms with Crippen LogP contribution in [0, 0.1) is 0 Å². The molecule has 0 radical (unpaired) electrons. The lowest BCUT2D eigenvalue weighted by atomic mass is 10.1. The van der Waals surface area contributed by atoms with Crippen LogP contribution in [-0.4, -0.2) is 62.3 Å². The summed E-state index contributed by atoms with van der Waals surface area (Å²) in [7, 11) is 0. The second-order valence-corrected chi connectivity index (χ2v) is 10.5. The number of ether oxygens (including phenoxy) is 1. The number of amides is 1. The van der Waals surface area contributed by atoms with Crippen molar-refractivity contribution in [2.75, 3.05) is 36.8 Å². The van der Waals surface area contributed by atoms with E-state index in [1.54, 1.807) is 9.47 Å². The molecule has 0 bridgehead atoms. The van der Waals surface area contributed by atoms with Crippen LogP contribution in [0.3, 0.4) is 0 Å². The van der Waals surface area contributed by atoms with Gasteiger partial charge in [0.05, 0.1) is 0 Å². The van der Waals surface area contributed by atoms with E-state index in [0.717, 1.165) is 31.2 Å². The number of aromatic nitrogens is 4. The zero-order chi connectivity index (χ0) is 25.4. The fourth-order valence-electron chi connectivity index (χ4n) is 5.02. The molecule has 0 spiro atoms. The molecule has 1 amide bonds. The minimum absolute atomic E-state index is 0.0442. The molecule has 2 fully saturated rings. The number of hydrogen-bond acceptors (Lipinski definition) is 8. The van der Waals surface area contributed by atoms with Gasteiger partial charge in [-0.2, -0.15) is 4.98 Å². The highest BCUT2D eigenvalue weighted by atomic mass is 16.6. The van der Waals surface area contributed by atoms with Crippen LogP contribution >= 0.6 is 0 Å². The van der Waals surface area contributed by atoms with E-state index in [0.29, 0.717) is 48.9 Å². The van der Waals surface area contributed by atoms with Crippen molar-refractivity contribution in [2.24, 2.45) is 0 Å². The lowest BCUT2D eigenvalue weighted by Gasteiger charge is -2.36. The van der Waals surface area contributed by atoms with Gasteiger partial charge >= 0.3 is 6.09 Å². The van der Waals surface area contributed by atoms with Crippen LogP contribution in [0.25, 0.3) is 22.4 Å². The van der Waals surface area contributed by atoms with Crippen LogP contribution in [0.1, 0.15) is 52.5 Å². The molecule has 1 aromatic carbocycles. The molecule has 0 unspecified atom stereocenters. The van der Waals surface area contributed by atoms with Gasteiger partial charge in [0.1, 0.15) is 16.8 Å². The first-order valence-corrected chi connectivity index (χ1v) is 12.6. The smallest absolute Gasteiger partial charge is 0.410 e. The highest BCUT2D eigenvalue weighted by Crippen LogP contribution is 2.33. The molecule has 0 atom stereocenters. The van der Waals surface area contributed by atoms with Crippen molar-refractivity contribution >= 4 is 29.0 Å². The first-order chi connectivity index (χ1) is 17.2. The lowest BCUT2D eigenvalue weighted by Crippen LogP contribution is -2.51. The summed E-state index contributed by atoms with van der Waals surface area (Å²) in [5.74, 6) is 0.483. The van der Waals surface area contributed by atoms with Gasteiger partial charge in [-0.05, 0) is 33.6 Å². The van der Waals surface area contributed by atoms with E-state index in [2.05, 4.69) is 9.97 Å². The van der Waals surface area contributed by atoms with Gasteiger partial charge in [0.15, 0.2) is 11.5 Å². The predicted octanol–water partition coefficient (Wildman–Crippen LogP) is 3.61. The Hall–Kier alpha value is -3.69. The number of nitrogens with zero attached hydrogens (tertiary/aromatic N) is 6. The van der Waals surface area contributed by atoms with Gasteiger partial charge in [-0.1, -0.05) is 43.2 Å². The van der Waals surface area contributed by atoms with Crippen LogP contribution in [0.5, 0.6) is 0 Å². The number of carbonyl (C=O) groups is 1. The Kier molecular flexibility index (Phi) is 6.27. The van der Waals surface area contributed by atoms with Crippen molar-refractivity contribution in [3.8, 4) is 11.3 Å². The van der Waals surface area contributed by atoms with Crippen molar-refractivity contribution in [3.63, 3.8) is 0 Å². The second-order valence-electron chi connectivity index (χ2n) is 10.5. The SMILES string of the molecule is CC(C)(C)OC(=O)N1CCN(c2nc3c(-c4ccccc4)nc(N)nc3n(C3CCCC3)c2=O)CC1. The van der Waals surface area contributed by atoms with Gasteiger partial charge in [-0.25, -0.2) is 14.8 Å². The summed E-state index contributed by atoms with van der Waals surface area (Å²) in [5, 5.41) is 0. The molecule has 10 nitrogen and oxygen atoms in total. The molecular formula is C26H33N7O3. The molecule has 1 saturated heterocycles. The summed E-state index contributed by atoms with van der Waals surface area (Å²) < 4.78 is 7.31. The average molecular weight is 492 g/mol. The van der Waals surface area contributed by atoms with Crippen molar-refractivity contribution in [1.82, 2.24) is 24.4 Å². The molecule has 36 heavy (non-hydrogen) atoms. The Morgan fingerprint density at radius 3 is 2.31 bits per heavy atom. The summed E-state index contributed by atoms with van der Waals surface area (Å²) in [5.41, 5.74) is 7.91. The molecule has 5 rings (SSSR count). The number of hydrogen-bond donors (Lipinski definition) is 1. The minimum Gasteiger partial charge on any atom is -0.444 e. The number of nitrogen functional groups attached to an aromatic ring is 1. The van der Waals surface area contributed by atoms with Gasteiger partial charge in [0, 0.05) is 37.8 Å². The van der Waals surface area contributed by atoms with Crippen molar-refractivity contribution in [1.29, 1.82) is 0 Å². The first-order valence-electron chi connectivity index (χ1n) is 12.6. The Balaban J connectivity index is 1.57. The maximum absolute atomic E-state index is 13.9. The molecule has 2 aromatic heterocycles. The maximum atomic E-state index is 13.9. The monoisotopic (exact) mass is 491 g/mol. The third-order valence-electron chi connectivity index (χ3n) is 6.71. The Labute approximate surface area is 210 Å². The van der Waals surface area contributed by atoms with E-state index in [1.165, 1.54) is 0 Å². The lowest BCUT2D eigenvalue weighted by molar-refractivity contribution is 0.0240. The van der Waals surface area contributed by atoms with Crippen LogP contribution in [0.15, 0.2) is 35.1 Å². The number of nitrogens with two attached hydrogens (primary N) is 1. The molecule has 3 aromatic rings. The maximum Gasteiger partial charge on any atom is 0.410 e. The van der Waals surface area contributed by atoms with Crippen molar-refractivity contribution in [3.05, 3.63) is 40.7 Å². The zero-order valence-electron chi connectivity index (χ0n) is 21.1. The predicted molar refractivity (Wildman–Crippen MR) is 139 cm³/mol. The number of carbonyl (C=O) groups excluding carboxylic acids is 1. The molecule has 1 aliphatic carbocycles. The van der Waals surface area contributed by atoms with E-state index in [4.69, 9.17) is 15.5 Å². The number of fused-ring (bicyclic) bond motifs is 1. The number of benzene rings is 1. The number of rotatable bonds is 3. The quantitative estimate of drug-likeness (QED) is 0.590. The van der Waals surface area contributed by atoms with Crippen LogP contribution < -0.4 is 16.2 Å². The van der Waals surface area contributed by atoms with E-state index in [-0.39, 0.29) is 23.6 Å². The van der Waals surface area contributed by atoms with Gasteiger partial charge in [-0.3, -0.25) is 9.36 Å². The molecular weight excluding hydrogens is 458 g/mol. The molecule has 190 valence electrons. The number of anilines is 2. The normalized spacial score (nSPS) is 17.1. The molecule has 3 heterocycles. The summed E-state index contributed by atoms with van der Waals surface area (Å²) in [6, 6.07) is 9.75. The Bertz CT molecular complexity index is 1320. The molecule has 2 N–H and O–H groups in total. The fraction of sp³-hybridized carbons (Fsp3) is 0.500.